The average Bonchev–Trinajstić information content (AvgIpc) is 3.22. The van der Waals surface area contributed by atoms with Crippen LogP contribution >= 0.6 is 11.8 Å². The molecule has 0 radical (unpaired) electrons. The Morgan fingerprint density at radius 2 is 1.73 bits per heavy atom. The van der Waals surface area contributed by atoms with E-state index in [2.05, 4.69) is 16.3 Å². The quantitative estimate of drug-likeness (QED) is 0.826. The Morgan fingerprint density at radius 3 is 2.23 bits per heavy atom. The minimum Gasteiger partial charge on any atom is -0.493 e. The van der Waals surface area contributed by atoms with Gasteiger partial charge in [-0.2, -0.15) is 5.10 Å². The maximum atomic E-state index is 5.43. The topological polar surface area (TPSA) is 56.4 Å². The summed E-state index contributed by atoms with van der Waals surface area (Å²) in [5, 5.41) is 8.46. The number of benzene rings is 1. The molecule has 1 aromatic carbocycles. The van der Waals surface area contributed by atoms with E-state index in [0.29, 0.717) is 29.1 Å². The van der Waals surface area contributed by atoms with Crippen molar-refractivity contribution in [3.05, 3.63) is 29.5 Å². The van der Waals surface area contributed by atoms with Gasteiger partial charge in [-0.15, -0.1) is 11.8 Å². The van der Waals surface area contributed by atoms with Gasteiger partial charge in [0.2, 0.25) is 5.75 Å². The lowest BCUT2D eigenvalue weighted by atomic mass is 10.1. The van der Waals surface area contributed by atoms with Gasteiger partial charge >= 0.3 is 0 Å². The van der Waals surface area contributed by atoms with Crippen molar-refractivity contribution >= 4 is 11.8 Å². The molecule has 0 amide bonds. The molecule has 6 heteroatoms. The molecule has 2 unspecified atom stereocenters. The van der Waals surface area contributed by atoms with Crippen molar-refractivity contribution in [2.45, 2.75) is 23.3 Å². The van der Waals surface area contributed by atoms with E-state index in [9.17, 15) is 0 Å². The van der Waals surface area contributed by atoms with Crippen LogP contribution in [0.4, 0.5) is 0 Å². The first-order chi connectivity index (χ1) is 10.7. The standard InChI is InChI=1S/C16H20N2O3S/c1-19-13-5-9(6-14(20-2)16(13)21-3)10-7-11(10)12-8-15(22-4)18-17-12/h5-6,8,10-11H,7H2,1-4H3,(H,17,18). The van der Waals surface area contributed by atoms with Gasteiger partial charge in [0.1, 0.15) is 5.03 Å². The number of H-pyrrole nitrogens is 1. The molecule has 1 saturated carbocycles. The maximum Gasteiger partial charge on any atom is 0.203 e. The van der Waals surface area contributed by atoms with Gasteiger partial charge in [-0.3, -0.25) is 5.10 Å². The summed E-state index contributed by atoms with van der Waals surface area (Å²) in [5.74, 6) is 2.99. The fourth-order valence-corrected chi connectivity index (χ4v) is 3.22. The first kappa shape index (κ1) is 15.1. The third-order valence-corrected chi connectivity index (χ3v) is 4.72. The van der Waals surface area contributed by atoms with Gasteiger partial charge in [0, 0.05) is 11.6 Å². The Bertz CT molecular complexity index is 646. The lowest BCUT2D eigenvalue weighted by Crippen LogP contribution is -1.97. The van der Waals surface area contributed by atoms with Crippen molar-refractivity contribution < 1.29 is 14.2 Å². The zero-order valence-electron chi connectivity index (χ0n) is 13.2. The first-order valence-corrected chi connectivity index (χ1v) is 8.33. The van der Waals surface area contributed by atoms with Gasteiger partial charge in [0.15, 0.2) is 11.5 Å². The molecule has 0 saturated heterocycles. The number of aromatic amines is 1. The Morgan fingerprint density at radius 1 is 1.05 bits per heavy atom. The van der Waals surface area contributed by atoms with Crippen LogP contribution in [0.1, 0.15) is 29.5 Å². The monoisotopic (exact) mass is 320 g/mol. The van der Waals surface area contributed by atoms with E-state index in [0.717, 1.165) is 11.4 Å². The average molecular weight is 320 g/mol. The minimum absolute atomic E-state index is 0.462. The molecule has 2 aromatic rings. The van der Waals surface area contributed by atoms with Crippen LogP contribution in [-0.4, -0.2) is 37.8 Å². The number of hydrogen-bond acceptors (Lipinski definition) is 5. The van der Waals surface area contributed by atoms with E-state index in [4.69, 9.17) is 14.2 Å². The molecule has 1 aromatic heterocycles. The van der Waals surface area contributed by atoms with Crippen molar-refractivity contribution in [3.63, 3.8) is 0 Å². The summed E-state index contributed by atoms with van der Waals surface area (Å²) in [6.07, 6.45) is 3.14. The van der Waals surface area contributed by atoms with E-state index < -0.39 is 0 Å². The van der Waals surface area contributed by atoms with Crippen LogP contribution in [0.3, 0.4) is 0 Å². The SMILES string of the molecule is COc1cc(C2CC2c2cc(SC)n[nH]2)cc(OC)c1OC. The number of ether oxygens (including phenoxy) is 3. The molecule has 1 aliphatic rings. The summed E-state index contributed by atoms with van der Waals surface area (Å²) < 4.78 is 16.2. The smallest absolute Gasteiger partial charge is 0.203 e. The van der Waals surface area contributed by atoms with Gasteiger partial charge in [0.05, 0.1) is 21.3 Å². The predicted octanol–water partition coefficient (Wildman–Crippen LogP) is 3.43. The summed E-state index contributed by atoms with van der Waals surface area (Å²) in [5.41, 5.74) is 2.41. The van der Waals surface area contributed by atoms with Crippen LogP contribution in [-0.2, 0) is 0 Å². The molecule has 0 bridgehead atoms. The molecule has 1 heterocycles. The summed E-state index contributed by atoms with van der Waals surface area (Å²) in [4.78, 5) is 0. The maximum absolute atomic E-state index is 5.43. The first-order valence-electron chi connectivity index (χ1n) is 7.11. The number of thioether (sulfide) groups is 1. The molecule has 0 aliphatic heterocycles. The summed E-state index contributed by atoms with van der Waals surface area (Å²) in [7, 11) is 4.91. The lowest BCUT2D eigenvalue weighted by Gasteiger charge is -2.14. The largest absolute Gasteiger partial charge is 0.493 e. The van der Waals surface area contributed by atoms with Crippen LogP contribution in [0.2, 0.25) is 0 Å². The highest BCUT2D eigenvalue weighted by Crippen LogP contribution is 2.56. The molecule has 1 N–H and O–H groups in total. The van der Waals surface area contributed by atoms with E-state index in [1.54, 1.807) is 33.1 Å². The highest BCUT2D eigenvalue weighted by atomic mass is 32.2. The highest BCUT2D eigenvalue weighted by Gasteiger charge is 2.41. The van der Waals surface area contributed by atoms with Gasteiger partial charge in [-0.05, 0) is 42.4 Å². The number of hydrogen-bond donors (Lipinski definition) is 1. The van der Waals surface area contributed by atoms with Crippen LogP contribution in [0.15, 0.2) is 23.2 Å². The van der Waals surface area contributed by atoms with Crippen LogP contribution in [0, 0.1) is 0 Å². The van der Waals surface area contributed by atoms with Gasteiger partial charge in [0.25, 0.3) is 0 Å². The van der Waals surface area contributed by atoms with Crippen LogP contribution in [0.25, 0.3) is 0 Å². The second-order valence-corrected chi connectivity index (χ2v) is 6.10. The van der Waals surface area contributed by atoms with Crippen molar-refractivity contribution in [1.82, 2.24) is 10.2 Å². The lowest BCUT2D eigenvalue weighted by molar-refractivity contribution is 0.324. The Balaban J connectivity index is 1.87. The molecule has 1 aliphatic carbocycles. The summed E-state index contributed by atoms with van der Waals surface area (Å²) >= 11 is 1.65. The molecule has 3 rings (SSSR count). The number of nitrogens with zero attached hydrogens (tertiary/aromatic N) is 1. The van der Waals surface area contributed by atoms with Crippen LogP contribution < -0.4 is 14.2 Å². The Hall–Kier alpha value is -1.82. The second kappa shape index (κ2) is 6.12. The Kier molecular flexibility index (Phi) is 4.20. The minimum atomic E-state index is 0.462. The molecular formula is C16H20N2O3S. The van der Waals surface area contributed by atoms with Crippen molar-refractivity contribution in [2.75, 3.05) is 27.6 Å². The molecule has 118 valence electrons. The highest BCUT2D eigenvalue weighted by molar-refractivity contribution is 7.98. The summed E-state index contributed by atoms with van der Waals surface area (Å²) in [6, 6.07) is 6.21. The number of methoxy groups -OCH3 is 3. The van der Waals surface area contributed by atoms with Crippen LogP contribution in [0.5, 0.6) is 17.2 Å². The number of rotatable bonds is 6. The third kappa shape index (κ3) is 2.63. The van der Waals surface area contributed by atoms with Crippen molar-refractivity contribution in [1.29, 1.82) is 0 Å². The zero-order valence-corrected chi connectivity index (χ0v) is 14.0. The zero-order chi connectivity index (χ0) is 15.7. The second-order valence-electron chi connectivity index (χ2n) is 5.27. The summed E-state index contributed by atoms with van der Waals surface area (Å²) in [6.45, 7) is 0. The van der Waals surface area contributed by atoms with Crippen molar-refractivity contribution in [3.8, 4) is 17.2 Å². The van der Waals surface area contributed by atoms with Gasteiger partial charge in [-0.1, -0.05) is 0 Å². The molecule has 0 spiro atoms. The fourth-order valence-electron chi connectivity index (χ4n) is 2.83. The molecule has 1 fully saturated rings. The number of nitrogens with one attached hydrogen (secondary N) is 1. The van der Waals surface area contributed by atoms with Gasteiger partial charge < -0.3 is 14.2 Å². The van der Waals surface area contributed by atoms with E-state index in [-0.39, 0.29) is 0 Å². The fraction of sp³-hybridized carbons (Fsp3) is 0.438. The van der Waals surface area contributed by atoms with E-state index >= 15 is 0 Å². The number of aromatic nitrogens is 2. The predicted molar refractivity (Wildman–Crippen MR) is 86.6 cm³/mol. The molecule has 22 heavy (non-hydrogen) atoms. The molecule has 5 nitrogen and oxygen atoms in total. The van der Waals surface area contributed by atoms with Gasteiger partial charge in [-0.25, -0.2) is 0 Å². The Labute approximate surface area is 134 Å². The van der Waals surface area contributed by atoms with Crippen molar-refractivity contribution in [2.24, 2.45) is 0 Å². The third-order valence-electron chi connectivity index (χ3n) is 4.09. The van der Waals surface area contributed by atoms with E-state index in [1.807, 2.05) is 18.4 Å². The molecular weight excluding hydrogens is 300 g/mol. The molecule has 2 atom stereocenters. The van der Waals surface area contributed by atoms with E-state index in [1.165, 1.54) is 11.3 Å². The normalized spacial score (nSPS) is 19.8.